The van der Waals surface area contributed by atoms with E-state index in [0.29, 0.717) is 17.1 Å². The van der Waals surface area contributed by atoms with Crippen molar-refractivity contribution in [3.05, 3.63) is 26.7 Å². The van der Waals surface area contributed by atoms with E-state index in [1.54, 1.807) is 18.8 Å². The Balaban J connectivity index is 2.34. The highest BCUT2D eigenvalue weighted by atomic mass is 16.2. The average Bonchev–Trinajstić information content (AvgIpc) is 2.96. The minimum Gasteiger partial charge on any atom is -0.327 e. The number of nitrogens with one attached hydrogen (secondary N) is 3. The lowest BCUT2D eigenvalue weighted by molar-refractivity contribution is 0.423. The average molecular weight is 321 g/mol. The quantitative estimate of drug-likeness (QED) is 0.729. The second kappa shape index (κ2) is 5.98. The van der Waals surface area contributed by atoms with Crippen molar-refractivity contribution in [1.29, 1.82) is 0 Å². The fourth-order valence-corrected chi connectivity index (χ4v) is 3.42. The van der Waals surface area contributed by atoms with Crippen molar-refractivity contribution in [2.45, 2.75) is 38.0 Å². The van der Waals surface area contributed by atoms with Gasteiger partial charge in [0.05, 0.1) is 0 Å². The Hall–Kier alpha value is -2.45. The summed E-state index contributed by atoms with van der Waals surface area (Å²) in [6, 6.07) is 0. The Labute approximate surface area is 133 Å². The van der Waals surface area contributed by atoms with Gasteiger partial charge in [0, 0.05) is 27.1 Å². The largest absolute Gasteiger partial charge is 0.370 e. The van der Waals surface area contributed by atoms with Gasteiger partial charge in [-0.1, -0.05) is 19.3 Å². The Morgan fingerprint density at radius 2 is 1.52 bits per heavy atom. The summed E-state index contributed by atoms with van der Waals surface area (Å²) in [7, 11) is 4.92. The molecule has 23 heavy (non-hydrogen) atoms. The van der Waals surface area contributed by atoms with Crippen LogP contribution in [-0.4, -0.2) is 40.2 Å². The molecule has 0 atom stereocenters. The maximum absolute atomic E-state index is 12.7. The van der Waals surface area contributed by atoms with E-state index < -0.39 is 11.2 Å². The summed E-state index contributed by atoms with van der Waals surface area (Å²) >= 11 is 0. The van der Waals surface area contributed by atoms with Crippen LogP contribution in [0.2, 0.25) is 0 Å². The zero-order valence-corrected chi connectivity index (χ0v) is 13.7. The van der Waals surface area contributed by atoms with Gasteiger partial charge in [-0.05, 0) is 12.8 Å². The van der Waals surface area contributed by atoms with E-state index in [2.05, 4.69) is 21.3 Å². The molecule has 0 aromatic carbocycles. The predicted octanol–water partition coefficient (Wildman–Crippen LogP) is -0.0727. The maximum atomic E-state index is 12.7. The number of fused-ring (bicyclic) bond motifs is 1. The van der Waals surface area contributed by atoms with E-state index in [1.807, 2.05) is 0 Å². The topological polar surface area (TPSA) is 97.9 Å². The first-order chi connectivity index (χ1) is 11.1. The van der Waals surface area contributed by atoms with Gasteiger partial charge < -0.3 is 16.3 Å². The van der Waals surface area contributed by atoms with Crippen LogP contribution in [0.15, 0.2) is 9.59 Å². The lowest BCUT2D eigenvalue weighted by atomic mass is 9.89. The molecule has 1 aliphatic rings. The lowest BCUT2D eigenvalue weighted by Crippen LogP contribution is -2.46. The third-order valence-corrected chi connectivity index (χ3v) is 4.53. The van der Waals surface area contributed by atoms with E-state index in [9.17, 15) is 9.59 Å². The highest BCUT2D eigenvalue weighted by Crippen LogP contribution is 2.32. The van der Waals surface area contributed by atoms with Gasteiger partial charge in [-0.3, -0.25) is 4.79 Å². The van der Waals surface area contributed by atoms with Crippen molar-refractivity contribution in [2.75, 3.05) is 37.4 Å². The molecule has 0 aliphatic heterocycles. The highest BCUT2D eigenvalue weighted by molar-refractivity contribution is 5.72. The molecule has 9 nitrogen and oxygen atoms in total. The van der Waals surface area contributed by atoms with Crippen molar-refractivity contribution in [2.24, 2.45) is 0 Å². The van der Waals surface area contributed by atoms with Crippen molar-refractivity contribution in [3.63, 3.8) is 0 Å². The summed E-state index contributed by atoms with van der Waals surface area (Å²) in [6.07, 6.45) is 5.67. The fourth-order valence-electron chi connectivity index (χ4n) is 3.42. The van der Waals surface area contributed by atoms with Crippen LogP contribution in [0, 0.1) is 0 Å². The molecule has 0 amide bonds. The predicted molar refractivity (Wildman–Crippen MR) is 89.9 cm³/mol. The van der Waals surface area contributed by atoms with Gasteiger partial charge in [0.15, 0.2) is 11.2 Å². The molecule has 2 aromatic rings. The molecular formula is C14H23N7O2. The second-order valence-electron chi connectivity index (χ2n) is 5.74. The van der Waals surface area contributed by atoms with E-state index in [-0.39, 0.29) is 0 Å². The lowest BCUT2D eigenvalue weighted by Gasteiger charge is -2.21. The summed E-state index contributed by atoms with van der Waals surface area (Å²) in [5.74, 6) is 1.11. The summed E-state index contributed by atoms with van der Waals surface area (Å²) < 4.78 is 3.97. The van der Waals surface area contributed by atoms with E-state index in [1.165, 1.54) is 18.1 Å². The molecule has 0 bridgehead atoms. The van der Waals surface area contributed by atoms with Gasteiger partial charge in [-0.25, -0.2) is 14.5 Å². The first kappa shape index (κ1) is 15.4. The third kappa shape index (κ3) is 2.27. The number of aromatic nitrogens is 4. The number of nitrogens with zero attached hydrogens (tertiary/aromatic N) is 4. The molecule has 3 N–H and O–H groups in total. The smallest absolute Gasteiger partial charge is 0.327 e. The minimum absolute atomic E-state index is 0.298. The normalized spacial score (nSPS) is 15.8. The zero-order valence-electron chi connectivity index (χ0n) is 13.7. The third-order valence-electron chi connectivity index (χ3n) is 4.53. The molecule has 0 radical (unpaired) electrons. The van der Waals surface area contributed by atoms with E-state index in [0.717, 1.165) is 36.2 Å². The van der Waals surface area contributed by atoms with Crippen LogP contribution >= 0.6 is 0 Å². The van der Waals surface area contributed by atoms with Crippen LogP contribution in [0.5, 0.6) is 0 Å². The molecule has 0 spiro atoms. The zero-order chi connectivity index (χ0) is 16.6. The molecule has 0 saturated heterocycles. The summed E-state index contributed by atoms with van der Waals surface area (Å²) in [5.41, 5.74) is 8.29. The standard InChI is InChI=1S/C14H23N7O2/c1-15-19-10-12(18-11(19)9-7-5-4-6-8-9)20(16-2)14(23)21(17-3)13(10)22/h9,15-17H,4-8H2,1-3H3. The number of rotatable bonds is 4. The van der Waals surface area contributed by atoms with Crippen LogP contribution in [0.4, 0.5) is 0 Å². The maximum Gasteiger partial charge on any atom is 0.370 e. The molecule has 3 rings (SSSR count). The monoisotopic (exact) mass is 321 g/mol. The molecule has 9 heteroatoms. The molecule has 1 aliphatic carbocycles. The first-order valence-corrected chi connectivity index (χ1v) is 7.97. The SMILES string of the molecule is CNn1c(=O)c2c(nc(C3CCCCC3)n2NC)n(NC)c1=O. The number of imidazole rings is 1. The van der Waals surface area contributed by atoms with Gasteiger partial charge in [0.25, 0.3) is 0 Å². The van der Waals surface area contributed by atoms with Crippen molar-refractivity contribution >= 4 is 11.2 Å². The summed E-state index contributed by atoms with van der Waals surface area (Å²) in [4.78, 5) is 29.7. The van der Waals surface area contributed by atoms with Gasteiger partial charge >= 0.3 is 11.2 Å². The van der Waals surface area contributed by atoms with Crippen LogP contribution < -0.4 is 27.5 Å². The molecular weight excluding hydrogens is 298 g/mol. The van der Waals surface area contributed by atoms with Crippen LogP contribution in [0.1, 0.15) is 43.8 Å². The Bertz CT molecular complexity index is 826. The molecule has 0 unspecified atom stereocenters. The van der Waals surface area contributed by atoms with Crippen LogP contribution in [0.3, 0.4) is 0 Å². The van der Waals surface area contributed by atoms with E-state index in [4.69, 9.17) is 0 Å². The second-order valence-corrected chi connectivity index (χ2v) is 5.74. The van der Waals surface area contributed by atoms with Crippen molar-refractivity contribution < 1.29 is 0 Å². The number of hydrogen-bond acceptors (Lipinski definition) is 6. The fraction of sp³-hybridized carbons (Fsp3) is 0.643. The van der Waals surface area contributed by atoms with Gasteiger partial charge in [-0.15, -0.1) is 0 Å². The minimum atomic E-state index is -0.497. The van der Waals surface area contributed by atoms with Gasteiger partial charge in [-0.2, -0.15) is 9.35 Å². The van der Waals surface area contributed by atoms with Gasteiger partial charge in [0.2, 0.25) is 0 Å². The summed E-state index contributed by atoms with van der Waals surface area (Å²) in [6.45, 7) is 0. The van der Waals surface area contributed by atoms with Crippen LogP contribution in [-0.2, 0) is 0 Å². The van der Waals surface area contributed by atoms with E-state index >= 15 is 0 Å². The first-order valence-electron chi connectivity index (χ1n) is 7.97. The highest BCUT2D eigenvalue weighted by Gasteiger charge is 2.26. The number of hydrogen-bond donors (Lipinski definition) is 3. The Morgan fingerprint density at radius 3 is 2.09 bits per heavy atom. The molecule has 2 heterocycles. The molecule has 126 valence electrons. The molecule has 1 fully saturated rings. The molecule has 1 saturated carbocycles. The van der Waals surface area contributed by atoms with Gasteiger partial charge in [0.1, 0.15) is 5.82 Å². The Morgan fingerprint density at radius 1 is 0.913 bits per heavy atom. The van der Waals surface area contributed by atoms with Crippen molar-refractivity contribution in [1.82, 2.24) is 19.0 Å². The Kier molecular flexibility index (Phi) is 4.01. The molecule has 2 aromatic heterocycles. The summed E-state index contributed by atoms with van der Waals surface area (Å²) in [5, 5.41) is 0. The van der Waals surface area contributed by atoms with Crippen molar-refractivity contribution in [3.8, 4) is 0 Å². The van der Waals surface area contributed by atoms with Crippen LogP contribution in [0.25, 0.3) is 11.2 Å².